The van der Waals surface area contributed by atoms with E-state index in [-0.39, 0.29) is 11.2 Å². The van der Waals surface area contributed by atoms with Crippen molar-refractivity contribution in [3.8, 4) is 0 Å². The third-order valence-corrected chi connectivity index (χ3v) is 1.69. The quantitative estimate of drug-likeness (QED) is 0.565. The van der Waals surface area contributed by atoms with Crippen LogP contribution in [0.4, 0.5) is 0 Å². The van der Waals surface area contributed by atoms with Gasteiger partial charge in [0, 0.05) is 0 Å². The summed E-state index contributed by atoms with van der Waals surface area (Å²) >= 11 is 1.46. The predicted molar refractivity (Wildman–Crippen MR) is 32.2 cm³/mol. The van der Waals surface area contributed by atoms with Crippen LogP contribution >= 0.6 is 11.8 Å². The molecule has 0 aliphatic heterocycles. The second-order valence-corrected chi connectivity index (χ2v) is 2.46. The highest BCUT2D eigenvalue weighted by Gasteiger charge is 2.02. The first-order chi connectivity index (χ1) is 3.18. The van der Waals surface area contributed by atoms with E-state index in [1.165, 1.54) is 11.8 Å². The highest BCUT2D eigenvalue weighted by Crippen LogP contribution is 2.01. The van der Waals surface area contributed by atoms with E-state index in [1.807, 2.05) is 6.26 Å². The fourth-order valence-electron chi connectivity index (χ4n) is 0.116. The largest absolute Gasteiger partial charge is 0.369 e. The van der Waals surface area contributed by atoms with Gasteiger partial charge in [-0.05, 0) is 13.2 Å². The summed E-state index contributed by atoms with van der Waals surface area (Å²) in [7, 11) is 0. The molecule has 0 spiro atoms. The molecule has 0 bridgehead atoms. The smallest absolute Gasteiger partial charge is 0.230 e. The second-order valence-electron chi connectivity index (χ2n) is 1.28. The molecule has 0 aliphatic carbocycles. The maximum atomic E-state index is 10.1. The number of rotatable bonds is 2. The molecular weight excluding hydrogens is 110 g/mol. The zero-order chi connectivity index (χ0) is 5.86. The molecule has 0 aromatic rings. The van der Waals surface area contributed by atoms with Crippen molar-refractivity contribution in [2.45, 2.75) is 12.2 Å². The number of hydrogen-bond donors (Lipinski definition) is 1. The van der Waals surface area contributed by atoms with Gasteiger partial charge >= 0.3 is 0 Å². The van der Waals surface area contributed by atoms with Crippen molar-refractivity contribution >= 4 is 17.7 Å². The van der Waals surface area contributed by atoms with Crippen molar-refractivity contribution < 1.29 is 4.79 Å². The van der Waals surface area contributed by atoms with Crippen molar-refractivity contribution in [1.82, 2.24) is 0 Å². The van der Waals surface area contributed by atoms with E-state index in [1.54, 1.807) is 6.92 Å². The summed E-state index contributed by atoms with van der Waals surface area (Å²) in [6.07, 6.45) is 1.86. The Labute approximate surface area is 47.5 Å². The van der Waals surface area contributed by atoms with E-state index in [9.17, 15) is 4.79 Å². The van der Waals surface area contributed by atoms with Crippen LogP contribution in [-0.2, 0) is 4.79 Å². The first kappa shape index (κ1) is 6.82. The number of amides is 1. The highest BCUT2D eigenvalue weighted by molar-refractivity contribution is 7.99. The Bertz CT molecular complexity index is 74.1. The van der Waals surface area contributed by atoms with Crippen LogP contribution in [0.25, 0.3) is 0 Å². The molecule has 0 unspecified atom stereocenters. The molecule has 42 valence electrons. The van der Waals surface area contributed by atoms with Crippen molar-refractivity contribution in [3.63, 3.8) is 0 Å². The number of hydrogen-bond acceptors (Lipinski definition) is 2. The molecule has 0 aromatic carbocycles. The van der Waals surface area contributed by atoms with Gasteiger partial charge in [0.15, 0.2) is 0 Å². The molecule has 0 saturated carbocycles. The Balaban J connectivity index is 3.34. The Hall–Kier alpha value is -0.180. The Morgan fingerprint density at radius 3 is 2.29 bits per heavy atom. The zero-order valence-electron chi connectivity index (χ0n) is 4.47. The topological polar surface area (TPSA) is 43.1 Å². The molecule has 7 heavy (non-hydrogen) atoms. The summed E-state index contributed by atoms with van der Waals surface area (Å²) in [4.78, 5) is 10.1. The highest BCUT2D eigenvalue weighted by atomic mass is 32.2. The second kappa shape index (κ2) is 2.91. The standard InChI is InChI=1S/C4H9NOS/c1-3(7-2)4(5)6/h3H,1-2H3,(H2,5,6)/t3-/m0/s1. The minimum atomic E-state index is -0.243. The first-order valence-corrected chi connectivity index (χ1v) is 3.29. The molecule has 0 fully saturated rings. The van der Waals surface area contributed by atoms with Gasteiger partial charge in [-0.1, -0.05) is 0 Å². The molecule has 1 amide bonds. The molecule has 0 rings (SSSR count). The van der Waals surface area contributed by atoms with Crippen molar-refractivity contribution in [3.05, 3.63) is 0 Å². The summed E-state index contributed by atoms with van der Waals surface area (Å²) in [6, 6.07) is 0. The summed E-state index contributed by atoms with van der Waals surface area (Å²) < 4.78 is 0. The Kier molecular flexibility index (Phi) is 2.83. The van der Waals surface area contributed by atoms with E-state index < -0.39 is 0 Å². The van der Waals surface area contributed by atoms with E-state index in [2.05, 4.69) is 0 Å². The lowest BCUT2D eigenvalue weighted by atomic mass is 10.5. The van der Waals surface area contributed by atoms with Gasteiger partial charge in [0.2, 0.25) is 5.91 Å². The molecule has 2 nitrogen and oxygen atoms in total. The van der Waals surface area contributed by atoms with Crippen LogP contribution in [0, 0.1) is 0 Å². The van der Waals surface area contributed by atoms with Crippen LogP contribution in [0.5, 0.6) is 0 Å². The Morgan fingerprint density at radius 2 is 2.29 bits per heavy atom. The van der Waals surface area contributed by atoms with E-state index in [0.717, 1.165) is 0 Å². The molecule has 3 heteroatoms. The summed E-state index contributed by atoms with van der Waals surface area (Å²) in [5.41, 5.74) is 4.89. The molecule has 1 atom stereocenters. The maximum absolute atomic E-state index is 10.1. The summed E-state index contributed by atoms with van der Waals surface area (Å²) in [5, 5.41) is -0.0417. The third kappa shape index (κ3) is 2.51. The van der Waals surface area contributed by atoms with Crippen LogP contribution in [0.15, 0.2) is 0 Å². The number of carbonyl (C=O) groups is 1. The molecule has 2 N–H and O–H groups in total. The van der Waals surface area contributed by atoms with Crippen molar-refractivity contribution in [2.24, 2.45) is 5.73 Å². The monoisotopic (exact) mass is 119 g/mol. The lowest BCUT2D eigenvalue weighted by Gasteiger charge is -1.97. The average Bonchev–Trinajstić information content (AvgIpc) is 1.65. The van der Waals surface area contributed by atoms with E-state index in [0.29, 0.717) is 0 Å². The number of nitrogens with two attached hydrogens (primary N) is 1. The lowest BCUT2D eigenvalue weighted by Crippen LogP contribution is -2.21. The molecule has 0 saturated heterocycles. The van der Waals surface area contributed by atoms with Crippen LogP contribution in [0.2, 0.25) is 0 Å². The van der Waals surface area contributed by atoms with Gasteiger partial charge in [-0.15, -0.1) is 0 Å². The van der Waals surface area contributed by atoms with Crippen molar-refractivity contribution in [1.29, 1.82) is 0 Å². The minimum absolute atomic E-state index is 0.0417. The minimum Gasteiger partial charge on any atom is -0.369 e. The van der Waals surface area contributed by atoms with Gasteiger partial charge in [0.25, 0.3) is 0 Å². The zero-order valence-corrected chi connectivity index (χ0v) is 5.29. The predicted octanol–water partition coefficient (Wildman–Crippen LogP) is 0.223. The number of thioether (sulfide) groups is 1. The van der Waals surface area contributed by atoms with E-state index >= 15 is 0 Å². The van der Waals surface area contributed by atoms with Crippen LogP contribution in [0.3, 0.4) is 0 Å². The van der Waals surface area contributed by atoms with Gasteiger partial charge in [-0.25, -0.2) is 0 Å². The molecular formula is C4H9NOS. The van der Waals surface area contributed by atoms with Gasteiger partial charge in [0.1, 0.15) is 0 Å². The van der Waals surface area contributed by atoms with E-state index in [4.69, 9.17) is 5.73 Å². The van der Waals surface area contributed by atoms with Gasteiger partial charge in [-0.2, -0.15) is 11.8 Å². The third-order valence-electron chi connectivity index (χ3n) is 0.754. The maximum Gasteiger partial charge on any atom is 0.230 e. The lowest BCUT2D eigenvalue weighted by molar-refractivity contribution is -0.117. The van der Waals surface area contributed by atoms with Gasteiger partial charge < -0.3 is 5.73 Å². The number of carbonyl (C=O) groups excluding carboxylic acids is 1. The van der Waals surface area contributed by atoms with Crippen LogP contribution in [-0.4, -0.2) is 17.4 Å². The fraction of sp³-hybridized carbons (Fsp3) is 0.750. The first-order valence-electron chi connectivity index (χ1n) is 2.00. The molecule has 0 radical (unpaired) electrons. The summed E-state index contributed by atoms with van der Waals surface area (Å²) in [5.74, 6) is -0.243. The van der Waals surface area contributed by atoms with Crippen LogP contribution in [0.1, 0.15) is 6.92 Å². The SMILES string of the molecule is CS[C@@H](C)C(N)=O. The van der Waals surface area contributed by atoms with Crippen LogP contribution < -0.4 is 5.73 Å². The van der Waals surface area contributed by atoms with Gasteiger partial charge in [0.05, 0.1) is 5.25 Å². The van der Waals surface area contributed by atoms with Gasteiger partial charge in [-0.3, -0.25) is 4.79 Å². The fourth-order valence-corrected chi connectivity index (χ4v) is 0.348. The number of primary amides is 1. The Morgan fingerprint density at radius 1 is 1.86 bits per heavy atom. The molecule has 0 aromatic heterocycles. The molecule has 0 heterocycles. The molecule has 0 aliphatic rings. The normalized spacial score (nSPS) is 13.4. The van der Waals surface area contributed by atoms with Crippen molar-refractivity contribution in [2.75, 3.05) is 6.26 Å². The summed E-state index contributed by atoms with van der Waals surface area (Å²) in [6.45, 7) is 1.78. The average molecular weight is 119 g/mol.